The summed E-state index contributed by atoms with van der Waals surface area (Å²) < 4.78 is 0. The highest BCUT2D eigenvalue weighted by molar-refractivity contribution is 6.07. The number of hydrogen-bond donors (Lipinski definition) is 1. The molecular weight excluding hydrogens is 286 g/mol. The Morgan fingerprint density at radius 1 is 0.957 bits per heavy atom. The zero-order valence-electron chi connectivity index (χ0n) is 12.5. The van der Waals surface area contributed by atoms with Crippen molar-refractivity contribution in [3.05, 3.63) is 60.7 Å². The largest absolute Gasteiger partial charge is 0.354 e. The number of hydrogen-bond acceptors (Lipinski definition) is 3. The number of carbonyl (C=O) groups excluding carboxylic acids is 1. The molecule has 4 aromatic rings. The van der Waals surface area contributed by atoms with Gasteiger partial charge in [-0.25, -0.2) is 0 Å². The summed E-state index contributed by atoms with van der Waals surface area (Å²) in [5, 5.41) is 2.31. The van der Waals surface area contributed by atoms with E-state index in [0.717, 1.165) is 39.5 Å². The van der Waals surface area contributed by atoms with Crippen LogP contribution in [0, 0.1) is 0 Å². The van der Waals surface area contributed by atoms with E-state index >= 15 is 0 Å². The van der Waals surface area contributed by atoms with Crippen LogP contribution in [0.15, 0.2) is 55.0 Å². The Morgan fingerprint density at radius 2 is 1.87 bits per heavy atom. The van der Waals surface area contributed by atoms with Crippen LogP contribution in [0.3, 0.4) is 0 Å². The number of carbonyl (C=O) groups is 1. The number of aldehydes is 1. The van der Waals surface area contributed by atoms with Gasteiger partial charge in [-0.2, -0.15) is 0 Å². The Morgan fingerprint density at radius 3 is 2.70 bits per heavy atom. The molecule has 4 rings (SSSR count). The molecule has 0 aliphatic rings. The molecule has 0 aliphatic heterocycles. The summed E-state index contributed by atoms with van der Waals surface area (Å²) in [4.78, 5) is 22.5. The molecule has 4 heteroatoms. The number of aromatic nitrogens is 3. The number of aryl methyl sites for hydroxylation is 1. The van der Waals surface area contributed by atoms with E-state index in [1.807, 2.05) is 24.5 Å². The van der Waals surface area contributed by atoms with Gasteiger partial charge in [0, 0.05) is 58.1 Å². The topological polar surface area (TPSA) is 58.6 Å². The first-order valence-corrected chi connectivity index (χ1v) is 7.59. The van der Waals surface area contributed by atoms with E-state index < -0.39 is 0 Å². The van der Waals surface area contributed by atoms with Gasteiger partial charge in [-0.05, 0) is 30.2 Å². The number of pyridine rings is 2. The minimum Gasteiger partial charge on any atom is -0.354 e. The van der Waals surface area contributed by atoms with Crippen LogP contribution in [-0.2, 0) is 11.2 Å². The molecule has 0 bridgehead atoms. The van der Waals surface area contributed by atoms with Gasteiger partial charge >= 0.3 is 0 Å². The number of nitrogens with zero attached hydrogens (tertiary/aromatic N) is 2. The highest BCUT2D eigenvalue weighted by Crippen LogP contribution is 2.28. The molecule has 0 atom stereocenters. The van der Waals surface area contributed by atoms with Gasteiger partial charge < -0.3 is 9.78 Å². The highest BCUT2D eigenvalue weighted by Gasteiger charge is 2.06. The Balaban J connectivity index is 1.73. The van der Waals surface area contributed by atoms with Crippen molar-refractivity contribution >= 4 is 28.1 Å². The molecule has 1 aromatic carbocycles. The maximum Gasteiger partial charge on any atom is 0.120 e. The molecule has 0 saturated heterocycles. The molecule has 0 fully saturated rings. The average Bonchev–Trinajstić information content (AvgIpc) is 2.98. The van der Waals surface area contributed by atoms with Crippen molar-refractivity contribution in [2.24, 2.45) is 0 Å². The third-order valence-corrected chi connectivity index (χ3v) is 4.08. The van der Waals surface area contributed by atoms with Gasteiger partial charge in [-0.3, -0.25) is 9.97 Å². The summed E-state index contributed by atoms with van der Waals surface area (Å²) in [5.74, 6) is 0. The zero-order chi connectivity index (χ0) is 15.6. The van der Waals surface area contributed by atoms with E-state index in [9.17, 15) is 4.79 Å². The normalized spacial score (nSPS) is 11.1. The summed E-state index contributed by atoms with van der Waals surface area (Å²) in [6.07, 6.45) is 7.68. The monoisotopic (exact) mass is 301 g/mol. The third kappa shape index (κ3) is 2.48. The van der Waals surface area contributed by atoms with Gasteiger partial charge in [0.2, 0.25) is 0 Å². The fourth-order valence-corrected chi connectivity index (χ4v) is 2.88. The predicted molar refractivity (Wildman–Crippen MR) is 91.2 cm³/mol. The Kier molecular flexibility index (Phi) is 3.35. The number of H-pyrrole nitrogens is 1. The van der Waals surface area contributed by atoms with Crippen LogP contribution in [0.5, 0.6) is 0 Å². The number of nitrogens with one attached hydrogen (secondary N) is 1. The van der Waals surface area contributed by atoms with Crippen molar-refractivity contribution in [3.63, 3.8) is 0 Å². The molecule has 0 amide bonds. The molecule has 0 aliphatic carbocycles. The maximum absolute atomic E-state index is 10.4. The average molecular weight is 301 g/mol. The Bertz CT molecular complexity index is 987. The molecule has 1 N–H and O–H groups in total. The molecule has 3 aromatic heterocycles. The molecule has 0 saturated carbocycles. The lowest BCUT2D eigenvalue weighted by Crippen LogP contribution is -1.91. The van der Waals surface area contributed by atoms with Crippen molar-refractivity contribution in [1.82, 2.24) is 15.0 Å². The first kappa shape index (κ1) is 13.6. The van der Waals surface area contributed by atoms with E-state index in [1.165, 1.54) is 5.39 Å². The minimum absolute atomic E-state index is 0.515. The number of benzene rings is 1. The smallest absolute Gasteiger partial charge is 0.120 e. The fraction of sp³-hybridized carbons (Fsp3) is 0.105. The molecule has 0 spiro atoms. The number of fused-ring (bicyclic) bond motifs is 3. The maximum atomic E-state index is 10.4. The summed E-state index contributed by atoms with van der Waals surface area (Å²) in [6, 6.07) is 12.4. The van der Waals surface area contributed by atoms with E-state index in [1.54, 1.807) is 6.20 Å². The second-order valence-electron chi connectivity index (χ2n) is 5.55. The van der Waals surface area contributed by atoms with Crippen molar-refractivity contribution in [2.75, 3.05) is 0 Å². The SMILES string of the molecule is O=CCCc1ccc(-c2ccc3c(c2)[nH]c2ccncc23)cn1. The van der Waals surface area contributed by atoms with Crippen LogP contribution < -0.4 is 0 Å². The fourth-order valence-electron chi connectivity index (χ4n) is 2.88. The lowest BCUT2D eigenvalue weighted by Gasteiger charge is -2.03. The van der Waals surface area contributed by atoms with Gasteiger partial charge in [0.25, 0.3) is 0 Å². The van der Waals surface area contributed by atoms with Gasteiger partial charge in [0.15, 0.2) is 0 Å². The van der Waals surface area contributed by atoms with Gasteiger partial charge in [-0.15, -0.1) is 0 Å². The Hall–Kier alpha value is -3.01. The van der Waals surface area contributed by atoms with Crippen LogP contribution in [0.2, 0.25) is 0 Å². The van der Waals surface area contributed by atoms with E-state index in [0.29, 0.717) is 12.8 Å². The van der Waals surface area contributed by atoms with Crippen LogP contribution in [0.1, 0.15) is 12.1 Å². The molecule has 0 radical (unpaired) electrons. The van der Waals surface area contributed by atoms with Crippen molar-refractivity contribution < 1.29 is 4.79 Å². The molecular formula is C19H15N3O. The zero-order valence-corrected chi connectivity index (χ0v) is 12.5. The first-order chi connectivity index (χ1) is 11.3. The van der Waals surface area contributed by atoms with Gasteiger partial charge in [0.05, 0.1) is 0 Å². The van der Waals surface area contributed by atoms with Crippen LogP contribution >= 0.6 is 0 Å². The van der Waals surface area contributed by atoms with Crippen molar-refractivity contribution in [3.8, 4) is 11.1 Å². The summed E-state index contributed by atoms with van der Waals surface area (Å²) in [6.45, 7) is 0. The van der Waals surface area contributed by atoms with Crippen LogP contribution in [0.4, 0.5) is 0 Å². The van der Waals surface area contributed by atoms with Crippen molar-refractivity contribution in [1.29, 1.82) is 0 Å². The summed E-state index contributed by atoms with van der Waals surface area (Å²) in [7, 11) is 0. The van der Waals surface area contributed by atoms with Crippen molar-refractivity contribution in [2.45, 2.75) is 12.8 Å². The highest BCUT2D eigenvalue weighted by atomic mass is 16.1. The standard InChI is InChI=1S/C19H15N3O/c23-9-1-2-15-5-3-14(11-21-15)13-4-6-16-17-12-20-8-7-18(17)22-19(16)10-13/h3-12,22H,1-2H2. The van der Waals surface area contributed by atoms with Gasteiger partial charge in [-0.1, -0.05) is 18.2 Å². The second-order valence-corrected chi connectivity index (χ2v) is 5.55. The summed E-state index contributed by atoms with van der Waals surface area (Å²) >= 11 is 0. The lowest BCUT2D eigenvalue weighted by molar-refractivity contribution is -0.107. The van der Waals surface area contributed by atoms with E-state index in [2.05, 4.69) is 39.2 Å². The molecule has 4 nitrogen and oxygen atoms in total. The summed E-state index contributed by atoms with van der Waals surface area (Å²) in [5.41, 5.74) is 5.31. The minimum atomic E-state index is 0.515. The van der Waals surface area contributed by atoms with E-state index in [-0.39, 0.29) is 0 Å². The molecule has 23 heavy (non-hydrogen) atoms. The van der Waals surface area contributed by atoms with E-state index in [4.69, 9.17) is 0 Å². The first-order valence-electron chi connectivity index (χ1n) is 7.59. The Labute approximate surface area is 133 Å². The third-order valence-electron chi connectivity index (χ3n) is 4.08. The van der Waals surface area contributed by atoms with Crippen LogP contribution in [0.25, 0.3) is 32.9 Å². The van der Waals surface area contributed by atoms with Gasteiger partial charge in [0.1, 0.15) is 6.29 Å². The van der Waals surface area contributed by atoms with Crippen LogP contribution in [-0.4, -0.2) is 21.2 Å². The quantitative estimate of drug-likeness (QED) is 0.581. The number of aromatic amines is 1. The number of rotatable bonds is 4. The predicted octanol–water partition coefficient (Wildman–Crippen LogP) is 3.91. The molecule has 0 unspecified atom stereocenters. The second kappa shape index (κ2) is 5.65. The lowest BCUT2D eigenvalue weighted by atomic mass is 10.0. The molecule has 112 valence electrons. The molecule has 3 heterocycles.